The summed E-state index contributed by atoms with van der Waals surface area (Å²) in [6.45, 7) is 0. The molecule has 7 aromatic carbocycles. The number of furan rings is 1. The van der Waals surface area contributed by atoms with Gasteiger partial charge in [-0.05, 0) is 58.7 Å². The molecule has 258 valence electrons. The van der Waals surface area contributed by atoms with Crippen molar-refractivity contribution in [2.45, 2.75) is 0 Å². The van der Waals surface area contributed by atoms with Crippen LogP contribution in [0, 0.1) is 0 Å². The highest BCUT2D eigenvalue weighted by Gasteiger charge is 2.18. The van der Waals surface area contributed by atoms with Gasteiger partial charge in [-0.3, -0.25) is 0 Å². The summed E-state index contributed by atoms with van der Waals surface area (Å²) in [4.78, 5) is 20.2. The molecule has 3 heterocycles. The number of aromatic nitrogens is 4. The van der Waals surface area contributed by atoms with Crippen molar-refractivity contribution in [2.75, 3.05) is 0 Å². The molecule has 10 aromatic rings. The molecular weight excluding hydrogens is 673 g/mol. The highest BCUT2D eigenvalue weighted by molar-refractivity contribution is 6.07. The van der Waals surface area contributed by atoms with Crippen molar-refractivity contribution in [3.63, 3.8) is 0 Å². The second-order valence-electron chi connectivity index (χ2n) is 13.5. The Morgan fingerprint density at radius 1 is 0.309 bits per heavy atom. The number of hydrogen-bond donors (Lipinski definition) is 0. The first-order valence-corrected chi connectivity index (χ1v) is 18.3. The maximum Gasteiger partial charge on any atom is 0.180 e. The van der Waals surface area contributed by atoms with Gasteiger partial charge in [-0.15, -0.1) is 0 Å². The summed E-state index contributed by atoms with van der Waals surface area (Å²) in [6, 6.07) is 66.4. The van der Waals surface area contributed by atoms with Crippen molar-refractivity contribution in [3.05, 3.63) is 194 Å². The van der Waals surface area contributed by atoms with E-state index < -0.39 is 0 Å². The van der Waals surface area contributed by atoms with Crippen molar-refractivity contribution >= 4 is 22.1 Å². The molecular formula is C50H32N4O. The Kier molecular flexibility index (Phi) is 8.08. The first-order chi connectivity index (χ1) is 27.2. The molecule has 0 spiro atoms. The van der Waals surface area contributed by atoms with Gasteiger partial charge in [0.15, 0.2) is 17.2 Å². The molecule has 5 nitrogen and oxygen atoms in total. The van der Waals surface area contributed by atoms with Crippen molar-refractivity contribution in [2.24, 2.45) is 0 Å². The summed E-state index contributed by atoms with van der Waals surface area (Å²) >= 11 is 0. The molecule has 5 heteroatoms. The number of nitrogens with zero attached hydrogens (tertiary/aromatic N) is 4. The minimum atomic E-state index is 0.651. The minimum Gasteiger partial charge on any atom is -0.452 e. The first-order valence-electron chi connectivity index (χ1n) is 18.3. The van der Waals surface area contributed by atoms with Crippen LogP contribution in [-0.4, -0.2) is 19.9 Å². The van der Waals surface area contributed by atoms with Crippen molar-refractivity contribution in [1.29, 1.82) is 0 Å². The molecule has 0 aliphatic heterocycles. The van der Waals surface area contributed by atoms with E-state index in [-0.39, 0.29) is 0 Å². The predicted molar refractivity (Wildman–Crippen MR) is 223 cm³/mol. The standard InChI is InChI=1S/C50H32N4O/c1-4-15-33(16-5-1)43-32-44(52-49(51-43)35-19-8-3-9-20-35)40-25-13-23-38(30-40)36-21-12-22-37(29-36)39-24-14-26-41(31-39)50-53-46(34-17-6-2-7-18-34)48-47(54-50)42-27-10-11-28-45(42)55-48/h1-32H. The highest BCUT2D eigenvalue weighted by atomic mass is 16.3. The fourth-order valence-corrected chi connectivity index (χ4v) is 7.15. The van der Waals surface area contributed by atoms with Crippen LogP contribution in [0.1, 0.15) is 0 Å². The number of para-hydroxylation sites is 1. The van der Waals surface area contributed by atoms with Crippen molar-refractivity contribution in [1.82, 2.24) is 19.9 Å². The number of rotatable bonds is 7. The van der Waals surface area contributed by atoms with Crippen LogP contribution in [0.5, 0.6) is 0 Å². The van der Waals surface area contributed by atoms with Gasteiger partial charge in [-0.25, -0.2) is 19.9 Å². The Hall–Kier alpha value is -7.50. The maximum absolute atomic E-state index is 6.33. The average Bonchev–Trinajstić information content (AvgIpc) is 3.66. The maximum atomic E-state index is 6.33. The van der Waals surface area contributed by atoms with Gasteiger partial charge in [0.25, 0.3) is 0 Å². The Bertz CT molecular complexity index is 2920. The molecule has 0 atom stereocenters. The number of fused-ring (bicyclic) bond motifs is 3. The van der Waals surface area contributed by atoms with Crippen LogP contribution >= 0.6 is 0 Å². The van der Waals surface area contributed by atoms with Gasteiger partial charge in [0.2, 0.25) is 0 Å². The van der Waals surface area contributed by atoms with Gasteiger partial charge in [0.1, 0.15) is 16.8 Å². The molecule has 0 unspecified atom stereocenters. The molecule has 0 bridgehead atoms. The number of hydrogen-bond acceptors (Lipinski definition) is 5. The zero-order valence-electron chi connectivity index (χ0n) is 29.7. The van der Waals surface area contributed by atoms with E-state index in [1.165, 1.54) is 0 Å². The van der Waals surface area contributed by atoms with E-state index in [0.29, 0.717) is 17.2 Å². The lowest BCUT2D eigenvalue weighted by Crippen LogP contribution is -1.96. The van der Waals surface area contributed by atoms with Gasteiger partial charge in [0, 0.05) is 33.2 Å². The van der Waals surface area contributed by atoms with Crippen molar-refractivity contribution in [3.8, 4) is 78.8 Å². The highest BCUT2D eigenvalue weighted by Crippen LogP contribution is 2.37. The summed E-state index contributed by atoms with van der Waals surface area (Å²) < 4.78 is 6.33. The van der Waals surface area contributed by atoms with Gasteiger partial charge < -0.3 is 4.42 Å². The smallest absolute Gasteiger partial charge is 0.180 e. The Morgan fingerprint density at radius 3 is 1.42 bits per heavy atom. The molecule has 0 aliphatic carbocycles. The molecule has 0 aliphatic rings. The van der Waals surface area contributed by atoms with E-state index in [1.54, 1.807) is 0 Å². The van der Waals surface area contributed by atoms with E-state index in [2.05, 4.69) is 121 Å². The molecule has 3 aromatic heterocycles. The lowest BCUT2D eigenvalue weighted by Gasteiger charge is -2.11. The Balaban J connectivity index is 1.03. The van der Waals surface area contributed by atoms with E-state index in [4.69, 9.17) is 24.4 Å². The zero-order chi connectivity index (χ0) is 36.6. The molecule has 10 rings (SSSR count). The van der Waals surface area contributed by atoms with Crippen LogP contribution in [0.3, 0.4) is 0 Å². The van der Waals surface area contributed by atoms with Crippen molar-refractivity contribution < 1.29 is 4.42 Å². The van der Waals surface area contributed by atoms with Gasteiger partial charge >= 0.3 is 0 Å². The lowest BCUT2D eigenvalue weighted by molar-refractivity contribution is 0.667. The summed E-state index contributed by atoms with van der Waals surface area (Å²) in [6.07, 6.45) is 0. The number of benzene rings is 7. The quantitative estimate of drug-likeness (QED) is 0.165. The zero-order valence-corrected chi connectivity index (χ0v) is 29.7. The summed E-state index contributed by atoms with van der Waals surface area (Å²) in [7, 11) is 0. The largest absolute Gasteiger partial charge is 0.452 e. The molecule has 0 amide bonds. The summed E-state index contributed by atoms with van der Waals surface area (Å²) in [5.74, 6) is 1.35. The third-order valence-electron chi connectivity index (χ3n) is 9.90. The fraction of sp³-hybridized carbons (Fsp3) is 0. The molecule has 0 saturated heterocycles. The van der Waals surface area contributed by atoms with Crippen LogP contribution in [-0.2, 0) is 0 Å². The summed E-state index contributed by atoms with van der Waals surface area (Å²) in [5.41, 5.74) is 14.2. The molecule has 0 radical (unpaired) electrons. The van der Waals surface area contributed by atoms with Crippen LogP contribution in [0.4, 0.5) is 0 Å². The second-order valence-corrected chi connectivity index (χ2v) is 13.5. The van der Waals surface area contributed by atoms with Gasteiger partial charge in [-0.2, -0.15) is 0 Å². The van der Waals surface area contributed by atoms with E-state index >= 15 is 0 Å². The minimum absolute atomic E-state index is 0.651. The predicted octanol–water partition coefficient (Wildman–Crippen LogP) is 12.8. The monoisotopic (exact) mass is 704 g/mol. The SMILES string of the molecule is c1ccc(-c2cc(-c3cccc(-c4cccc(-c5cccc(-c6nc(-c7ccccc7)c7oc8ccccc8c7n6)c5)c4)c3)nc(-c3ccccc3)n2)cc1. The van der Waals surface area contributed by atoms with E-state index in [0.717, 1.165) is 83.6 Å². The Labute approximate surface area is 318 Å². The molecule has 55 heavy (non-hydrogen) atoms. The molecule has 0 saturated carbocycles. The van der Waals surface area contributed by atoms with Crippen LogP contribution in [0.25, 0.3) is 101 Å². The fourth-order valence-electron chi connectivity index (χ4n) is 7.15. The molecule has 0 N–H and O–H groups in total. The third kappa shape index (κ3) is 6.24. The average molecular weight is 705 g/mol. The third-order valence-corrected chi connectivity index (χ3v) is 9.90. The van der Waals surface area contributed by atoms with E-state index in [9.17, 15) is 0 Å². The van der Waals surface area contributed by atoms with E-state index in [1.807, 2.05) is 72.8 Å². The van der Waals surface area contributed by atoms with Gasteiger partial charge in [-0.1, -0.05) is 158 Å². The normalized spacial score (nSPS) is 11.3. The van der Waals surface area contributed by atoms with Gasteiger partial charge in [0.05, 0.1) is 11.4 Å². The lowest BCUT2D eigenvalue weighted by atomic mass is 9.96. The van der Waals surface area contributed by atoms with Crippen LogP contribution < -0.4 is 0 Å². The topological polar surface area (TPSA) is 64.7 Å². The molecule has 0 fully saturated rings. The second kappa shape index (κ2) is 13.8. The summed E-state index contributed by atoms with van der Waals surface area (Å²) in [5, 5.41) is 0.971. The van der Waals surface area contributed by atoms with Crippen LogP contribution in [0.15, 0.2) is 199 Å². The first kappa shape index (κ1) is 32.2. The van der Waals surface area contributed by atoms with Crippen LogP contribution in [0.2, 0.25) is 0 Å². The Morgan fingerprint density at radius 2 is 0.764 bits per heavy atom.